The van der Waals surface area contributed by atoms with Crippen molar-refractivity contribution in [3.05, 3.63) is 130 Å². The maximum Gasteiger partial charge on any atom is 0.162 e. The average molecular weight is 641 g/mol. The van der Waals surface area contributed by atoms with Crippen LogP contribution in [0.2, 0.25) is 5.02 Å². The third-order valence-corrected chi connectivity index (χ3v) is 9.88. The van der Waals surface area contributed by atoms with Gasteiger partial charge in [0.05, 0.1) is 11.6 Å². The number of anilines is 1. The number of halogens is 2. The first kappa shape index (κ1) is 32.3. The molecule has 3 aliphatic rings. The summed E-state index contributed by atoms with van der Waals surface area (Å²) in [6, 6.07) is 26.7. The Bertz CT molecular complexity index is 1620. The molecule has 1 N–H and O–H groups in total. The first-order valence-corrected chi connectivity index (χ1v) is 16.6. The molecule has 0 radical (unpaired) electrons. The van der Waals surface area contributed by atoms with Crippen LogP contribution in [0.5, 0.6) is 0 Å². The summed E-state index contributed by atoms with van der Waals surface area (Å²) in [4.78, 5) is 24.0. The SMILES string of the molecule is CN1CCN2c3ncccc3Cc3ccccc3C2C1.O=C(CCCN1CCC(O)(c2ccc(Cl)cc2)CC1)c1ccc(F)cc1. The Labute approximate surface area is 276 Å². The summed E-state index contributed by atoms with van der Waals surface area (Å²) in [5.74, 6) is 0.893. The fourth-order valence-corrected chi connectivity index (χ4v) is 7.06. The van der Waals surface area contributed by atoms with E-state index in [2.05, 4.69) is 63.1 Å². The fraction of sp³-hybridized carbons (Fsp3) is 0.368. The number of piperidine rings is 1. The van der Waals surface area contributed by atoms with Crippen molar-refractivity contribution in [2.45, 2.75) is 43.7 Å². The van der Waals surface area contributed by atoms with Gasteiger partial charge in [0.1, 0.15) is 11.6 Å². The molecule has 3 aliphatic heterocycles. The Morgan fingerprint density at radius 3 is 2.41 bits per heavy atom. The smallest absolute Gasteiger partial charge is 0.162 e. The van der Waals surface area contributed by atoms with Crippen molar-refractivity contribution in [3.63, 3.8) is 0 Å². The van der Waals surface area contributed by atoms with Crippen LogP contribution in [0.15, 0.2) is 91.1 Å². The van der Waals surface area contributed by atoms with Crippen LogP contribution >= 0.6 is 11.6 Å². The Hall–Kier alpha value is -3.62. The van der Waals surface area contributed by atoms with Crippen LogP contribution < -0.4 is 4.90 Å². The third-order valence-electron chi connectivity index (χ3n) is 9.63. The van der Waals surface area contributed by atoms with Gasteiger partial charge >= 0.3 is 0 Å². The summed E-state index contributed by atoms with van der Waals surface area (Å²) >= 11 is 5.92. The summed E-state index contributed by atoms with van der Waals surface area (Å²) < 4.78 is 12.9. The van der Waals surface area contributed by atoms with Gasteiger partial charge in [0.25, 0.3) is 0 Å². The number of rotatable bonds is 6. The molecule has 0 aliphatic carbocycles. The van der Waals surface area contributed by atoms with Gasteiger partial charge in [0.2, 0.25) is 0 Å². The van der Waals surface area contributed by atoms with E-state index in [1.807, 2.05) is 30.5 Å². The molecule has 0 spiro atoms. The Balaban J connectivity index is 0.000000166. The van der Waals surface area contributed by atoms with Gasteiger partial charge < -0.3 is 19.8 Å². The van der Waals surface area contributed by atoms with Crippen LogP contribution in [-0.4, -0.2) is 72.0 Å². The second-order valence-electron chi connectivity index (χ2n) is 12.7. The van der Waals surface area contributed by atoms with Gasteiger partial charge in [-0.25, -0.2) is 9.37 Å². The van der Waals surface area contributed by atoms with Crippen molar-refractivity contribution >= 4 is 23.2 Å². The molecular formula is C38H42ClFN4O2. The van der Waals surface area contributed by atoms with Gasteiger partial charge in [-0.05, 0) is 97.6 Å². The molecule has 1 aromatic heterocycles. The van der Waals surface area contributed by atoms with Gasteiger partial charge in [-0.1, -0.05) is 54.1 Å². The Kier molecular flexibility index (Phi) is 10.1. The van der Waals surface area contributed by atoms with Crippen LogP contribution in [0.25, 0.3) is 0 Å². The lowest BCUT2D eigenvalue weighted by Gasteiger charge is -2.41. The minimum absolute atomic E-state index is 0.0414. The minimum Gasteiger partial charge on any atom is -0.385 e. The number of pyridine rings is 1. The van der Waals surface area contributed by atoms with Crippen molar-refractivity contribution in [2.24, 2.45) is 0 Å². The van der Waals surface area contributed by atoms with Crippen LogP contribution in [0.3, 0.4) is 0 Å². The van der Waals surface area contributed by atoms with Gasteiger partial charge in [0.15, 0.2) is 5.78 Å². The van der Waals surface area contributed by atoms with Crippen LogP contribution in [0.4, 0.5) is 10.2 Å². The third kappa shape index (κ3) is 7.50. The number of likely N-dealkylation sites (N-methyl/N-ethyl adjacent to an activating group) is 1. The summed E-state index contributed by atoms with van der Waals surface area (Å²) in [7, 11) is 2.21. The van der Waals surface area contributed by atoms with Gasteiger partial charge in [-0.3, -0.25) is 4.79 Å². The van der Waals surface area contributed by atoms with E-state index in [4.69, 9.17) is 11.6 Å². The largest absolute Gasteiger partial charge is 0.385 e. The van der Waals surface area contributed by atoms with E-state index in [0.717, 1.165) is 57.7 Å². The molecule has 3 aromatic carbocycles. The number of likely N-dealkylation sites (tertiary alicyclic amines) is 1. The maximum absolute atomic E-state index is 12.9. The number of hydrogen-bond donors (Lipinski definition) is 1. The molecule has 46 heavy (non-hydrogen) atoms. The molecule has 4 aromatic rings. The van der Waals surface area contributed by atoms with Crippen LogP contribution in [0, 0.1) is 5.82 Å². The monoisotopic (exact) mass is 640 g/mol. The lowest BCUT2D eigenvalue weighted by molar-refractivity contribution is -0.0260. The van der Waals surface area contributed by atoms with Gasteiger partial charge in [-0.15, -0.1) is 0 Å². The normalized spacial score (nSPS) is 19.1. The van der Waals surface area contributed by atoms with Crippen molar-refractivity contribution in [2.75, 3.05) is 51.2 Å². The minimum atomic E-state index is -0.801. The number of ketones is 1. The summed E-state index contributed by atoms with van der Waals surface area (Å²) in [6.45, 7) is 5.65. The molecule has 2 fully saturated rings. The lowest BCUT2D eigenvalue weighted by atomic mass is 9.84. The number of aliphatic hydroxyl groups is 1. The molecule has 0 bridgehead atoms. The molecule has 8 heteroatoms. The average Bonchev–Trinajstić information content (AvgIpc) is 3.21. The molecular weight excluding hydrogens is 599 g/mol. The van der Waals surface area contributed by atoms with E-state index in [-0.39, 0.29) is 11.6 Å². The highest BCUT2D eigenvalue weighted by atomic mass is 35.5. The lowest BCUT2D eigenvalue weighted by Crippen LogP contribution is -2.47. The van der Waals surface area contributed by atoms with Gasteiger partial charge in [-0.2, -0.15) is 0 Å². The van der Waals surface area contributed by atoms with Gasteiger partial charge in [0, 0.05) is 62.3 Å². The summed E-state index contributed by atoms with van der Waals surface area (Å²) in [6.07, 6.45) is 5.46. The number of hydrogen-bond acceptors (Lipinski definition) is 6. The zero-order chi connectivity index (χ0) is 32.1. The van der Waals surface area contributed by atoms with E-state index in [0.29, 0.717) is 35.9 Å². The fourth-order valence-electron chi connectivity index (χ4n) is 6.93. The van der Waals surface area contributed by atoms with Crippen molar-refractivity contribution in [1.82, 2.24) is 14.8 Å². The van der Waals surface area contributed by atoms with Crippen molar-refractivity contribution in [3.8, 4) is 0 Å². The zero-order valence-electron chi connectivity index (χ0n) is 26.4. The van der Waals surface area contributed by atoms with Crippen LogP contribution in [-0.2, 0) is 12.0 Å². The number of carbonyl (C=O) groups is 1. The van der Waals surface area contributed by atoms with E-state index in [1.165, 1.54) is 46.8 Å². The predicted octanol–water partition coefficient (Wildman–Crippen LogP) is 6.90. The van der Waals surface area contributed by atoms with E-state index < -0.39 is 5.60 Å². The highest BCUT2D eigenvalue weighted by Gasteiger charge is 2.34. The van der Waals surface area contributed by atoms with Crippen LogP contribution in [0.1, 0.15) is 64.3 Å². The molecule has 2 saturated heterocycles. The second-order valence-corrected chi connectivity index (χ2v) is 13.2. The Morgan fingerprint density at radius 1 is 0.935 bits per heavy atom. The first-order chi connectivity index (χ1) is 22.3. The number of benzene rings is 3. The topological polar surface area (TPSA) is 59.9 Å². The van der Waals surface area contributed by atoms with E-state index >= 15 is 0 Å². The Morgan fingerprint density at radius 2 is 1.65 bits per heavy atom. The zero-order valence-corrected chi connectivity index (χ0v) is 27.2. The molecule has 1 atom stereocenters. The highest BCUT2D eigenvalue weighted by molar-refractivity contribution is 6.30. The predicted molar refractivity (Wildman–Crippen MR) is 182 cm³/mol. The molecule has 240 valence electrons. The van der Waals surface area contributed by atoms with E-state index in [1.54, 1.807) is 0 Å². The maximum atomic E-state index is 12.9. The molecule has 6 nitrogen and oxygen atoms in total. The number of aromatic nitrogens is 1. The summed E-state index contributed by atoms with van der Waals surface area (Å²) in [5, 5.41) is 11.5. The molecule has 1 unspecified atom stereocenters. The van der Waals surface area contributed by atoms with Crippen molar-refractivity contribution < 1.29 is 14.3 Å². The number of piperazine rings is 1. The highest BCUT2D eigenvalue weighted by Crippen LogP contribution is 2.37. The molecule has 7 rings (SSSR count). The number of nitrogens with zero attached hydrogens (tertiary/aromatic N) is 4. The first-order valence-electron chi connectivity index (χ1n) is 16.3. The number of fused-ring (bicyclic) bond motifs is 5. The molecule has 4 heterocycles. The van der Waals surface area contributed by atoms with E-state index in [9.17, 15) is 14.3 Å². The molecule has 0 amide bonds. The number of carbonyl (C=O) groups excluding carboxylic acids is 1. The number of Topliss-reactive ketones (excluding diaryl/α,β-unsaturated/α-hetero) is 1. The summed E-state index contributed by atoms with van der Waals surface area (Å²) in [5.41, 5.74) is 4.94. The molecule has 0 saturated carbocycles. The second kappa shape index (κ2) is 14.4. The quantitative estimate of drug-likeness (QED) is 0.231. The standard InChI is InChI=1S/C21H23ClFNO2.C17H19N3/c22-18-7-5-17(6-8-18)21(26)11-14-24(15-12-21)13-1-2-20(25)16-3-9-19(23)10-4-16;1-19-9-10-20-16(12-19)15-7-3-2-5-13(15)11-14-6-4-8-18-17(14)20/h3-10,26H,1-2,11-15H2;2-8,16H,9-12H2,1H3. The van der Waals surface area contributed by atoms with Crippen molar-refractivity contribution in [1.29, 1.82) is 0 Å².